The number of hydrogen-bond donors (Lipinski definition) is 4. The maximum Gasteiger partial charge on any atom is 0.326 e. The number of aryl methyl sites for hydroxylation is 2. The van der Waals surface area contributed by atoms with Gasteiger partial charge in [-0.25, -0.2) is 14.8 Å². The Morgan fingerprint density at radius 3 is 2.53 bits per heavy atom. The van der Waals surface area contributed by atoms with Crippen LogP contribution in [0.4, 0.5) is 5.95 Å². The molecule has 2 heterocycles. The summed E-state index contributed by atoms with van der Waals surface area (Å²) < 4.78 is 0. The third-order valence-electron chi connectivity index (χ3n) is 4.76. The number of carboxylic acid groups (broad SMARTS) is 1. The molecule has 0 bridgehead atoms. The second-order valence-electron chi connectivity index (χ2n) is 7.29. The van der Waals surface area contributed by atoms with E-state index in [-0.39, 0.29) is 35.7 Å². The lowest BCUT2D eigenvalue weighted by Crippen LogP contribution is -2.41. The van der Waals surface area contributed by atoms with Crippen molar-refractivity contribution in [1.82, 2.24) is 25.3 Å². The SMILES string of the molecule is CC(=O)CC[C@H](NC(=O)c1ccc(CCc2cnc3nc(N)[nH]c(=O)c3n2)cc1)C(=O)O. The average molecular weight is 438 g/mol. The molecule has 1 atom stereocenters. The summed E-state index contributed by atoms with van der Waals surface area (Å²) in [4.78, 5) is 61.4. The summed E-state index contributed by atoms with van der Waals surface area (Å²) in [6.45, 7) is 1.37. The van der Waals surface area contributed by atoms with E-state index in [1.54, 1.807) is 24.3 Å². The van der Waals surface area contributed by atoms with Gasteiger partial charge in [0.1, 0.15) is 11.8 Å². The maximum atomic E-state index is 12.4. The molecule has 0 saturated carbocycles. The number of hydrogen-bond acceptors (Lipinski definition) is 8. The number of nitrogen functional groups attached to an aromatic ring is 1. The Morgan fingerprint density at radius 1 is 1.16 bits per heavy atom. The fraction of sp³-hybridized carbons (Fsp3) is 0.286. The van der Waals surface area contributed by atoms with Crippen molar-refractivity contribution in [2.24, 2.45) is 0 Å². The lowest BCUT2D eigenvalue weighted by atomic mass is 10.0. The van der Waals surface area contributed by atoms with E-state index in [1.807, 2.05) is 0 Å². The molecule has 5 N–H and O–H groups in total. The van der Waals surface area contributed by atoms with Crippen LogP contribution < -0.4 is 16.6 Å². The number of fused-ring (bicyclic) bond motifs is 1. The summed E-state index contributed by atoms with van der Waals surface area (Å²) in [6, 6.07) is 5.56. The number of nitrogens with zero attached hydrogens (tertiary/aromatic N) is 3. The molecular formula is C21H22N6O5. The molecule has 0 unspecified atom stereocenters. The number of amides is 1. The van der Waals surface area contributed by atoms with Crippen LogP contribution in [0.3, 0.4) is 0 Å². The number of carboxylic acids is 1. The van der Waals surface area contributed by atoms with Crippen molar-refractivity contribution in [2.75, 3.05) is 5.73 Å². The van der Waals surface area contributed by atoms with Gasteiger partial charge in [0.15, 0.2) is 11.2 Å². The van der Waals surface area contributed by atoms with Gasteiger partial charge in [-0.1, -0.05) is 12.1 Å². The van der Waals surface area contributed by atoms with Crippen molar-refractivity contribution in [3.05, 3.63) is 57.6 Å². The van der Waals surface area contributed by atoms with E-state index in [9.17, 15) is 24.3 Å². The summed E-state index contributed by atoms with van der Waals surface area (Å²) in [5, 5.41) is 11.7. The number of anilines is 1. The third kappa shape index (κ3) is 5.72. The van der Waals surface area contributed by atoms with Crippen molar-refractivity contribution in [3.63, 3.8) is 0 Å². The minimum atomic E-state index is -1.19. The minimum Gasteiger partial charge on any atom is -0.480 e. The Bertz CT molecular complexity index is 1220. The molecule has 1 amide bonds. The second-order valence-corrected chi connectivity index (χ2v) is 7.29. The number of ketones is 1. The number of nitrogens with one attached hydrogen (secondary N) is 2. The zero-order chi connectivity index (χ0) is 23.3. The van der Waals surface area contributed by atoms with Gasteiger partial charge >= 0.3 is 5.97 Å². The lowest BCUT2D eigenvalue weighted by Gasteiger charge is -2.14. The number of aromatic amines is 1. The van der Waals surface area contributed by atoms with E-state index in [0.29, 0.717) is 24.1 Å². The summed E-state index contributed by atoms with van der Waals surface area (Å²) in [7, 11) is 0. The Hall–Kier alpha value is -4.15. The van der Waals surface area contributed by atoms with Gasteiger partial charge in [0, 0.05) is 12.0 Å². The Kier molecular flexibility index (Phi) is 6.88. The van der Waals surface area contributed by atoms with Gasteiger partial charge in [0.25, 0.3) is 11.5 Å². The van der Waals surface area contributed by atoms with Crippen LogP contribution in [0.2, 0.25) is 0 Å². The van der Waals surface area contributed by atoms with Crippen LogP contribution in [-0.2, 0) is 22.4 Å². The molecule has 0 radical (unpaired) electrons. The van der Waals surface area contributed by atoms with Gasteiger partial charge in [0.2, 0.25) is 5.95 Å². The molecule has 0 aliphatic carbocycles. The highest BCUT2D eigenvalue weighted by Gasteiger charge is 2.21. The molecule has 0 aliphatic heterocycles. The number of rotatable bonds is 9. The van der Waals surface area contributed by atoms with Crippen molar-refractivity contribution < 1.29 is 19.5 Å². The van der Waals surface area contributed by atoms with Gasteiger partial charge in [-0.3, -0.25) is 14.6 Å². The first kappa shape index (κ1) is 22.5. The number of nitrogens with two attached hydrogens (primary N) is 1. The minimum absolute atomic E-state index is 0.0257. The zero-order valence-corrected chi connectivity index (χ0v) is 17.3. The van der Waals surface area contributed by atoms with E-state index in [2.05, 4.69) is 25.3 Å². The van der Waals surface area contributed by atoms with E-state index in [4.69, 9.17) is 5.73 Å². The molecule has 11 heteroatoms. The number of aromatic nitrogens is 4. The van der Waals surface area contributed by atoms with E-state index in [0.717, 1.165) is 5.56 Å². The lowest BCUT2D eigenvalue weighted by molar-refractivity contribution is -0.139. The Labute approximate surface area is 182 Å². The van der Waals surface area contributed by atoms with E-state index < -0.39 is 23.5 Å². The summed E-state index contributed by atoms with van der Waals surface area (Å²) in [5.41, 5.74) is 7.15. The normalized spacial score (nSPS) is 11.8. The van der Waals surface area contributed by atoms with Gasteiger partial charge in [-0.05, 0) is 43.9 Å². The maximum absolute atomic E-state index is 12.4. The number of aliphatic carboxylic acids is 1. The van der Waals surface area contributed by atoms with Crippen LogP contribution in [-0.4, -0.2) is 48.7 Å². The number of carbonyl (C=O) groups excluding carboxylic acids is 2. The van der Waals surface area contributed by atoms with Crippen molar-refractivity contribution in [2.45, 2.75) is 38.6 Å². The molecule has 0 fully saturated rings. The molecule has 3 rings (SSSR count). The topological polar surface area (TPSA) is 181 Å². The molecule has 0 spiro atoms. The van der Waals surface area contributed by atoms with Gasteiger partial charge in [0.05, 0.1) is 11.9 Å². The highest BCUT2D eigenvalue weighted by atomic mass is 16.4. The highest BCUT2D eigenvalue weighted by Crippen LogP contribution is 2.10. The van der Waals surface area contributed by atoms with Crippen LogP contribution in [0.25, 0.3) is 11.2 Å². The average Bonchev–Trinajstić information content (AvgIpc) is 2.75. The van der Waals surface area contributed by atoms with Gasteiger partial charge in [-0.15, -0.1) is 0 Å². The number of H-pyrrole nitrogens is 1. The Balaban J connectivity index is 1.62. The molecule has 2 aromatic heterocycles. The summed E-state index contributed by atoms with van der Waals surface area (Å²) >= 11 is 0. The predicted molar refractivity (Wildman–Crippen MR) is 115 cm³/mol. The number of Topliss-reactive ketones (excluding diaryl/α,β-unsaturated/α-hetero) is 1. The summed E-state index contributed by atoms with van der Waals surface area (Å²) in [6.07, 6.45) is 2.72. The first-order chi connectivity index (χ1) is 15.2. The fourth-order valence-corrected chi connectivity index (χ4v) is 3.03. The molecule has 166 valence electrons. The Morgan fingerprint density at radius 2 is 1.88 bits per heavy atom. The van der Waals surface area contributed by atoms with Gasteiger partial charge < -0.3 is 21.0 Å². The number of benzene rings is 1. The smallest absolute Gasteiger partial charge is 0.326 e. The van der Waals surface area contributed by atoms with Crippen LogP contribution in [0.15, 0.2) is 35.3 Å². The third-order valence-corrected chi connectivity index (χ3v) is 4.76. The quantitative estimate of drug-likeness (QED) is 0.372. The van der Waals surface area contributed by atoms with Gasteiger partial charge in [-0.2, -0.15) is 4.98 Å². The second kappa shape index (κ2) is 9.77. The van der Waals surface area contributed by atoms with Crippen molar-refractivity contribution >= 4 is 34.8 Å². The van der Waals surface area contributed by atoms with Crippen molar-refractivity contribution in [3.8, 4) is 0 Å². The molecule has 3 aromatic rings. The molecule has 32 heavy (non-hydrogen) atoms. The predicted octanol–water partition coefficient (Wildman–Crippen LogP) is 0.633. The largest absolute Gasteiger partial charge is 0.480 e. The van der Waals surface area contributed by atoms with E-state index in [1.165, 1.54) is 13.1 Å². The molecule has 11 nitrogen and oxygen atoms in total. The standard InChI is InChI=1S/C21H22N6O5/c1-11(28)2-9-15(20(31)32)25-18(29)13-6-3-12(4-7-13)5-8-14-10-23-17-16(24-14)19(30)27-21(22)26-17/h3-4,6-7,10,15H,2,5,8-9H2,1H3,(H,25,29)(H,31,32)(H3,22,23,26,27,30)/t15-/m0/s1. The van der Waals surface area contributed by atoms with Crippen LogP contribution in [0.5, 0.6) is 0 Å². The monoisotopic (exact) mass is 438 g/mol. The first-order valence-corrected chi connectivity index (χ1v) is 9.86. The molecular weight excluding hydrogens is 416 g/mol. The summed E-state index contributed by atoms with van der Waals surface area (Å²) in [5.74, 6) is -1.89. The fourth-order valence-electron chi connectivity index (χ4n) is 3.03. The molecule has 0 saturated heterocycles. The van der Waals surface area contributed by atoms with Crippen molar-refractivity contribution in [1.29, 1.82) is 0 Å². The number of carbonyl (C=O) groups is 3. The zero-order valence-electron chi connectivity index (χ0n) is 17.3. The van der Waals surface area contributed by atoms with E-state index >= 15 is 0 Å². The molecule has 1 aromatic carbocycles. The van der Waals surface area contributed by atoms with Crippen LogP contribution >= 0.6 is 0 Å². The van der Waals surface area contributed by atoms with Crippen LogP contribution in [0.1, 0.15) is 41.4 Å². The highest BCUT2D eigenvalue weighted by molar-refractivity contribution is 5.96. The van der Waals surface area contributed by atoms with Crippen LogP contribution in [0, 0.1) is 0 Å². The molecule has 0 aliphatic rings. The first-order valence-electron chi connectivity index (χ1n) is 9.86.